The van der Waals surface area contributed by atoms with Crippen molar-refractivity contribution in [2.24, 2.45) is 5.10 Å². The zero-order valence-corrected chi connectivity index (χ0v) is 18.3. The van der Waals surface area contributed by atoms with Gasteiger partial charge in [0.25, 0.3) is 0 Å². The molecular formula is C26H27N3O3. The van der Waals surface area contributed by atoms with Gasteiger partial charge in [-0.2, -0.15) is 5.10 Å². The number of nitrogens with one attached hydrogen (secondary N) is 2. The van der Waals surface area contributed by atoms with Crippen LogP contribution in [0.25, 0.3) is 0 Å². The maximum Gasteiger partial charge on any atom is 0.240 e. The van der Waals surface area contributed by atoms with Crippen molar-refractivity contribution in [3.05, 3.63) is 95.1 Å². The van der Waals surface area contributed by atoms with E-state index in [4.69, 9.17) is 4.74 Å². The molecule has 3 rings (SSSR count). The van der Waals surface area contributed by atoms with E-state index >= 15 is 0 Å². The predicted octanol–water partition coefficient (Wildman–Crippen LogP) is 4.75. The second-order valence-corrected chi connectivity index (χ2v) is 7.50. The van der Waals surface area contributed by atoms with Gasteiger partial charge in [0, 0.05) is 18.5 Å². The number of carbonyl (C=O) groups excluding carboxylic acids is 2. The zero-order valence-electron chi connectivity index (χ0n) is 18.3. The fourth-order valence-electron chi connectivity index (χ4n) is 2.89. The highest BCUT2D eigenvalue weighted by atomic mass is 16.5. The molecule has 0 fully saturated rings. The van der Waals surface area contributed by atoms with Gasteiger partial charge < -0.3 is 10.1 Å². The minimum Gasteiger partial charge on any atom is -0.489 e. The summed E-state index contributed by atoms with van der Waals surface area (Å²) in [7, 11) is 0. The fourth-order valence-corrected chi connectivity index (χ4v) is 2.89. The lowest BCUT2D eigenvalue weighted by Gasteiger charge is -2.07. The van der Waals surface area contributed by atoms with Crippen LogP contribution in [0.1, 0.15) is 35.1 Å². The van der Waals surface area contributed by atoms with E-state index in [-0.39, 0.29) is 24.7 Å². The smallest absolute Gasteiger partial charge is 0.240 e. The van der Waals surface area contributed by atoms with Gasteiger partial charge >= 0.3 is 0 Å². The van der Waals surface area contributed by atoms with E-state index in [0.29, 0.717) is 6.61 Å². The molecule has 32 heavy (non-hydrogen) atoms. The topological polar surface area (TPSA) is 79.8 Å². The quantitative estimate of drug-likeness (QED) is 0.380. The van der Waals surface area contributed by atoms with E-state index in [2.05, 4.69) is 34.9 Å². The van der Waals surface area contributed by atoms with E-state index in [9.17, 15) is 9.59 Å². The fraction of sp³-hybridized carbons (Fsp3) is 0.192. The lowest BCUT2D eigenvalue weighted by atomic mass is 10.2. The molecule has 6 nitrogen and oxygen atoms in total. The molecule has 0 heterocycles. The average molecular weight is 430 g/mol. The molecule has 0 atom stereocenters. The molecule has 0 aliphatic rings. The summed E-state index contributed by atoms with van der Waals surface area (Å²) >= 11 is 0. The summed E-state index contributed by atoms with van der Waals surface area (Å²) in [6.07, 6.45) is 1.69. The van der Waals surface area contributed by atoms with E-state index in [1.165, 1.54) is 5.56 Å². The zero-order chi connectivity index (χ0) is 22.8. The number of hydrazone groups is 1. The summed E-state index contributed by atoms with van der Waals surface area (Å²) < 4.78 is 5.78. The third-order valence-corrected chi connectivity index (χ3v) is 4.81. The molecule has 164 valence electrons. The lowest BCUT2D eigenvalue weighted by Crippen LogP contribution is -2.20. The first-order chi connectivity index (χ1) is 15.5. The first-order valence-corrected chi connectivity index (χ1v) is 10.5. The van der Waals surface area contributed by atoms with E-state index in [1.54, 1.807) is 6.21 Å². The van der Waals surface area contributed by atoms with Gasteiger partial charge in [-0.3, -0.25) is 9.59 Å². The van der Waals surface area contributed by atoms with E-state index in [0.717, 1.165) is 28.1 Å². The van der Waals surface area contributed by atoms with Crippen LogP contribution in [0.15, 0.2) is 77.9 Å². The number of benzene rings is 3. The van der Waals surface area contributed by atoms with Gasteiger partial charge in [-0.25, -0.2) is 5.43 Å². The normalized spacial score (nSPS) is 10.7. The second kappa shape index (κ2) is 11.5. The number of hydrogen-bond donors (Lipinski definition) is 2. The number of carbonyl (C=O) groups is 2. The lowest BCUT2D eigenvalue weighted by molar-refractivity contribution is -0.124. The Morgan fingerprint density at radius 3 is 2.28 bits per heavy atom. The Hall–Kier alpha value is -3.93. The number of para-hydroxylation sites is 1. The standard InChI is InChI=1S/C26H27N3O3/c1-19-7-9-22(10-8-19)18-32-23-13-11-21(12-14-23)17-27-29-26(31)16-15-25(30)28-24-6-4-3-5-20(24)2/h3-14,17H,15-16,18H2,1-2H3,(H,28,30)(H,29,31). The Morgan fingerprint density at radius 1 is 0.875 bits per heavy atom. The molecular weight excluding hydrogens is 402 g/mol. The number of ether oxygens (including phenoxy) is 1. The third-order valence-electron chi connectivity index (χ3n) is 4.81. The van der Waals surface area contributed by atoms with Crippen molar-refractivity contribution in [2.75, 3.05) is 5.32 Å². The van der Waals surface area contributed by atoms with Crippen molar-refractivity contribution >= 4 is 23.7 Å². The molecule has 0 spiro atoms. The third kappa shape index (κ3) is 7.40. The van der Waals surface area contributed by atoms with Crippen molar-refractivity contribution in [1.82, 2.24) is 5.43 Å². The van der Waals surface area contributed by atoms with Crippen LogP contribution in [0.5, 0.6) is 5.75 Å². The minimum atomic E-state index is -0.320. The Balaban J connectivity index is 1.38. The van der Waals surface area contributed by atoms with Gasteiger partial charge in [-0.1, -0.05) is 48.0 Å². The maximum atomic E-state index is 12.0. The van der Waals surface area contributed by atoms with E-state index in [1.807, 2.05) is 67.6 Å². The van der Waals surface area contributed by atoms with Gasteiger partial charge in [0.15, 0.2) is 0 Å². The van der Waals surface area contributed by atoms with Crippen LogP contribution in [-0.2, 0) is 16.2 Å². The predicted molar refractivity (Wildman–Crippen MR) is 127 cm³/mol. The minimum absolute atomic E-state index is 0.0564. The molecule has 0 saturated carbocycles. The summed E-state index contributed by atoms with van der Waals surface area (Å²) in [5.74, 6) is 0.227. The summed E-state index contributed by atoms with van der Waals surface area (Å²) in [5, 5.41) is 6.76. The van der Waals surface area contributed by atoms with Crippen molar-refractivity contribution < 1.29 is 14.3 Å². The van der Waals surface area contributed by atoms with Crippen molar-refractivity contribution in [2.45, 2.75) is 33.3 Å². The molecule has 0 radical (unpaired) electrons. The number of hydrogen-bond acceptors (Lipinski definition) is 4. The number of nitrogens with zero attached hydrogens (tertiary/aromatic N) is 1. The molecule has 0 saturated heterocycles. The van der Waals surface area contributed by atoms with Crippen LogP contribution in [0, 0.1) is 13.8 Å². The Labute approximate surface area is 188 Å². The highest BCUT2D eigenvalue weighted by Gasteiger charge is 2.07. The highest BCUT2D eigenvalue weighted by molar-refractivity contribution is 5.94. The van der Waals surface area contributed by atoms with Gasteiger partial charge in [-0.05, 0) is 60.9 Å². The number of amides is 2. The van der Waals surface area contributed by atoms with E-state index < -0.39 is 0 Å². The summed E-state index contributed by atoms with van der Waals surface area (Å²) in [6, 6.07) is 23.1. The molecule has 2 amide bonds. The molecule has 0 aliphatic heterocycles. The molecule has 0 aromatic heterocycles. The first-order valence-electron chi connectivity index (χ1n) is 10.5. The molecule has 2 N–H and O–H groups in total. The SMILES string of the molecule is Cc1ccc(COc2ccc(C=NNC(=O)CCC(=O)Nc3ccccc3C)cc2)cc1. The summed E-state index contributed by atoms with van der Waals surface area (Å²) in [5.41, 5.74) is 7.32. The number of anilines is 1. The molecule has 3 aromatic rings. The molecule has 6 heteroatoms. The maximum absolute atomic E-state index is 12.0. The van der Waals surface area contributed by atoms with Gasteiger partial charge in [-0.15, -0.1) is 0 Å². The molecule has 3 aromatic carbocycles. The van der Waals surface area contributed by atoms with Crippen LogP contribution in [0.4, 0.5) is 5.69 Å². The van der Waals surface area contributed by atoms with Crippen LogP contribution >= 0.6 is 0 Å². The van der Waals surface area contributed by atoms with Crippen LogP contribution in [-0.4, -0.2) is 18.0 Å². The van der Waals surface area contributed by atoms with Crippen molar-refractivity contribution in [3.63, 3.8) is 0 Å². The van der Waals surface area contributed by atoms with Crippen molar-refractivity contribution in [1.29, 1.82) is 0 Å². The first kappa shape index (κ1) is 22.7. The second-order valence-electron chi connectivity index (χ2n) is 7.50. The van der Waals surface area contributed by atoms with Crippen molar-refractivity contribution in [3.8, 4) is 5.75 Å². The number of aryl methyl sites for hydroxylation is 2. The van der Waals surface area contributed by atoms with Gasteiger partial charge in [0.2, 0.25) is 11.8 Å². The van der Waals surface area contributed by atoms with Crippen LogP contribution in [0.3, 0.4) is 0 Å². The van der Waals surface area contributed by atoms with Crippen LogP contribution in [0.2, 0.25) is 0 Å². The Morgan fingerprint density at radius 2 is 1.56 bits per heavy atom. The molecule has 0 unspecified atom stereocenters. The summed E-state index contributed by atoms with van der Waals surface area (Å²) in [6.45, 7) is 4.47. The molecule has 0 bridgehead atoms. The largest absolute Gasteiger partial charge is 0.489 e. The Bertz CT molecular complexity index is 1070. The summed E-state index contributed by atoms with van der Waals surface area (Å²) in [4.78, 5) is 23.9. The Kier molecular flexibility index (Phi) is 8.15. The van der Waals surface area contributed by atoms with Gasteiger partial charge in [0.05, 0.1) is 6.21 Å². The van der Waals surface area contributed by atoms with Crippen LogP contribution < -0.4 is 15.5 Å². The highest BCUT2D eigenvalue weighted by Crippen LogP contribution is 2.15. The molecule has 0 aliphatic carbocycles. The average Bonchev–Trinajstić information content (AvgIpc) is 2.80. The van der Waals surface area contributed by atoms with Gasteiger partial charge in [0.1, 0.15) is 12.4 Å². The monoisotopic (exact) mass is 429 g/mol. The number of rotatable bonds is 9.